The Labute approximate surface area is 80.6 Å². The van der Waals surface area contributed by atoms with Crippen LogP contribution in [0.2, 0.25) is 0 Å². The summed E-state index contributed by atoms with van der Waals surface area (Å²) in [7, 11) is 0. The Hall–Kier alpha value is -0.990. The van der Waals surface area contributed by atoms with Crippen LogP contribution in [0.5, 0.6) is 0 Å². The molecule has 13 heavy (non-hydrogen) atoms. The van der Waals surface area contributed by atoms with Crippen molar-refractivity contribution in [3.63, 3.8) is 0 Å². The van der Waals surface area contributed by atoms with Gasteiger partial charge in [0.1, 0.15) is 0 Å². The summed E-state index contributed by atoms with van der Waals surface area (Å²) in [5.74, 6) is 0. The van der Waals surface area contributed by atoms with E-state index in [0.717, 1.165) is 13.0 Å². The fourth-order valence-electron chi connectivity index (χ4n) is 0.657. The minimum atomic E-state index is -0.137. The first-order valence-electron chi connectivity index (χ1n) is 4.68. The molecule has 0 aromatic carbocycles. The average Bonchev–Trinajstić information content (AvgIpc) is 1.98. The number of amides is 2. The average molecular weight is 184 g/mol. The van der Waals surface area contributed by atoms with Gasteiger partial charge in [-0.3, -0.25) is 0 Å². The van der Waals surface area contributed by atoms with Crippen LogP contribution >= 0.6 is 0 Å². The van der Waals surface area contributed by atoms with Crippen LogP contribution in [0.25, 0.3) is 0 Å². The van der Waals surface area contributed by atoms with Gasteiger partial charge in [-0.2, -0.15) is 0 Å². The molecule has 0 radical (unpaired) electrons. The topological polar surface area (TPSA) is 41.1 Å². The molecule has 2 amide bonds. The highest BCUT2D eigenvalue weighted by molar-refractivity contribution is 5.74. The Bertz CT molecular complexity index is 180. The van der Waals surface area contributed by atoms with Gasteiger partial charge in [0.05, 0.1) is 0 Å². The normalized spacial score (nSPS) is 11.7. The Morgan fingerprint density at radius 2 is 2.00 bits per heavy atom. The molecule has 0 aliphatic rings. The molecule has 76 valence electrons. The van der Waals surface area contributed by atoms with Crippen LogP contribution in [-0.2, 0) is 0 Å². The van der Waals surface area contributed by atoms with Crippen molar-refractivity contribution < 1.29 is 4.79 Å². The molecule has 0 fully saturated rings. The number of allylic oxidation sites excluding steroid dienone is 1. The highest BCUT2D eigenvalue weighted by Gasteiger charge is 2.03. The van der Waals surface area contributed by atoms with Gasteiger partial charge in [0.25, 0.3) is 0 Å². The molecule has 0 heterocycles. The van der Waals surface area contributed by atoms with Crippen molar-refractivity contribution in [2.24, 2.45) is 5.41 Å². The second-order valence-electron chi connectivity index (χ2n) is 4.10. The molecule has 0 atom stereocenters. The molecule has 2 N–H and O–H groups in total. The Morgan fingerprint density at radius 3 is 2.46 bits per heavy atom. The number of carbonyl (C=O) groups excluding carboxylic acids is 1. The molecule has 0 rings (SSSR count). The van der Waals surface area contributed by atoms with E-state index in [1.54, 1.807) is 6.20 Å². The van der Waals surface area contributed by atoms with E-state index in [-0.39, 0.29) is 11.4 Å². The SMILES string of the molecule is CCCNC(=O)N/C=C/C(C)(C)C. The molecule has 0 spiro atoms. The number of nitrogens with one attached hydrogen (secondary N) is 2. The summed E-state index contributed by atoms with van der Waals surface area (Å²) in [6.45, 7) is 8.97. The fourth-order valence-corrected chi connectivity index (χ4v) is 0.657. The van der Waals surface area contributed by atoms with Crippen LogP contribution in [-0.4, -0.2) is 12.6 Å². The van der Waals surface area contributed by atoms with Crippen LogP contribution in [0.3, 0.4) is 0 Å². The Kier molecular flexibility index (Phi) is 5.19. The van der Waals surface area contributed by atoms with Gasteiger partial charge in [0.2, 0.25) is 0 Å². The lowest BCUT2D eigenvalue weighted by Gasteiger charge is -2.11. The standard InChI is InChI=1S/C10H20N2O/c1-5-7-11-9(13)12-8-6-10(2,3)4/h6,8H,5,7H2,1-4H3,(H2,11,12,13)/b8-6+. The monoisotopic (exact) mass is 184 g/mol. The van der Waals surface area contributed by atoms with Crippen molar-refractivity contribution in [1.82, 2.24) is 10.6 Å². The highest BCUT2D eigenvalue weighted by Crippen LogP contribution is 2.13. The van der Waals surface area contributed by atoms with E-state index in [1.165, 1.54) is 0 Å². The largest absolute Gasteiger partial charge is 0.338 e. The minimum absolute atomic E-state index is 0.109. The van der Waals surface area contributed by atoms with E-state index in [2.05, 4.69) is 31.4 Å². The third-order valence-corrected chi connectivity index (χ3v) is 1.33. The summed E-state index contributed by atoms with van der Waals surface area (Å²) in [5, 5.41) is 5.36. The van der Waals surface area contributed by atoms with Gasteiger partial charge in [-0.1, -0.05) is 33.8 Å². The molecule has 0 bridgehead atoms. The van der Waals surface area contributed by atoms with Gasteiger partial charge >= 0.3 is 6.03 Å². The summed E-state index contributed by atoms with van der Waals surface area (Å²) < 4.78 is 0. The zero-order valence-corrected chi connectivity index (χ0v) is 8.98. The van der Waals surface area contributed by atoms with E-state index in [0.29, 0.717) is 0 Å². The van der Waals surface area contributed by atoms with Gasteiger partial charge in [-0.25, -0.2) is 4.79 Å². The van der Waals surface area contributed by atoms with Crippen molar-refractivity contribution in [2.75, 3.05) is 6.54 Å². The number of rotatable bonds is 3. The predicted octanol–water partition coefficient (Wildman–Crippen LogP) is 2.26. The van der Waals surface area contributed by atoms with E-state index >= 15 is 0 Å². The quantitative estimate of drug-likeness (QED) is 0.694. The number of urea groups is 1. The maximum Gasteiger partial charge on any atom is 0.318 e. The predicted molar refractivity (Wildman–Crippen MR) is 55.4 cm³/mol. The van der Waals surface area contributed by atoms with Crippen molar-refractivity contribution in [3.8, 4) is 0 Å². The molecular weight excluding hydrogens is 164 g/mol. The second-order valence-corrected chi connectivity index (χ2v) is 4.10. The van der Waals surface area contributed by atoms with Gasteiger partial charge in [0.15, 0.2) is 0 Å². The molecule has 0 saturated heterocycles. The number of hydrogen-bond acceptors (Lipinski definition) is 1. The van der Waals surface area contributed by atoms with Crippen molar-refractivity contribution >= 4 is 6.03 Å². The molecule has 3 nitrogen and oxygen atoms in total. The summed E-state index contributed by atoms with van der Waals surface area (Å²) >= 11 is 0. The van der Waals surface area contributed by atoms with E-state index in [1.807, 2.05) is 13.0 Å². The molecule has 0 aromatic heterocycles. The number of hydrogen-bond donors (Lipinski definition) is 2. The zero-order valence-electron chi connectivity index (χ0n) is 8.98. The summed E-state index contributed by atoms with van der Waals surface area (Å²) in [6.07, 6.45) is 4.60. The third-order valence-electron chi connectivity index (χ3n) is 1.33. The van der Waals surface area contributed by atoms with E-state index < -0.39 is 0 Å². The first-order chi connectivity index (χ1) is 5.95. The first kappa shape index (κ1) is 12.0. The summed E-state index contributed by atoms with van der Waals surface area (Å²) in [6, 6.07) is -0.137. The van der Waals surface area contributed by atoms with Crippen LogP contribution in [0.4, 0.5) is 4.79 Å². The molecule has 0 unspecified atom stereocenters. The Morgan fingerprint density at radius 1 is 1.38 bits per heavy atom. The maximum atomic E-state index is 11.0. The molecule has 0 aliphatic heterocycles. The lowest BCUT2D eigenvalue weighted by molar-refractivity contribution is 0.244. The second kappa shape index (κ2) is 5.62. The van der Waals surface area contributed by atoms with Crippen molar-refractivity contribution in [2.45, 2.75) is 34.1 Å². The maximum absolute atomic E-state index is 11.0. The van der Waals surface area contributed by atoms with E-state index in [4.69, 9.17) is 0 Å². The van der Waals surface area contributed by atoms with Crippen LogP contribution in [0, 0.1) is 5.41 Å². The molecule has 0 aliphatic carbocycles. The zero-order chi connectivity index (χ0) is 10.3. The summed E-state index contributed by atoms with van der Waals surface area (Å²) in [5.41, 5.74) is 0.109. The van der Waals surface area contributed by atoms with Crippen molar-refractivity contribution in [3.05, 3.63) is 12.3 Å². The fraction of sp³-hybridized carbons (Fsp3) is 0.700. The van der Waals surface area contributed by atoms with E-state index in [9.17, 15) is 4.79 Å². The van der Waals surface area contributed by atoms with Gasteiger partial charge in [-0.15, -0.1) is 0 Å². The lowest BCUT2D eigenvalue weighted by atomic mass is 9.97. The smallest absolute Gasteiger partial charge is 0.318 e. The van der Waals surface area contributed by atoms with Gasteiger partial charge < -0.3 is 10.6 Å². The van der Waals surface area contributed by atoms with Crippen LogP contribution < -0.4 is 10.6 Å². The highest BCUT2D eigenvalue weighted by atomic mass is 16.2. The Balaban J connectivity index is 3.64. The van der Waals surface area contributed by atoms with Crippen molar-refractivity contribution in [1.29, 1.82) is 0 Å². The van der Waals surface area contributed by atoms with Crippen LogP contribution in [0.1, 0.15) is 34.1 Å². The lowest BCUT2D eigenvalue weighted by Crippen LogP contribution is -2.32. The molecular formula is C10H20N2O. The molecule has 3 heteroatoms. The summed E-state index contributed by atoms with van der Waals surface area (Å²) in [4.78, 5) is 11.0. The third kappa shape index (κ3) is 8.92. The minimum Gasteiger partial charge on any atom is -0.338 e. The first-order valence-corrected chi connectivity index (χ1v) is 4.68. The number of carbonyl (C=O) groups is 1. The molecule has 0 saturated carbocycles. The van der Waals surface area contributed by atoms with Gasteiger partial charge in [0, 0.05) is 12.7 Å². The molecule has 0 aromatic rings. The van der Waals surface area contributed by atoms with Crippen LogP contribution in [0.15, 0.2) is 12.3 Å². The van der Waals surface area contributed by atoms with Gasteiger partial charge in [-0.05, 0) is 11.8 Å².